The molecule has 1 N–H and O–H groups in total. The number of fused-ring (bicyclic) bond motifs is 1. The van der Waals surface area contributed by atoms with Crippen molar-refractivity contribution in [1.29, 1.82) is 0 Å². The Labute approximate surface area is 109 Å². The molecule has 2 heterocycles. The highest BCUT2D eigenvalue weighted by Gasteiger charge is 2.19. The first-order valence-corrected chi connectivity index (χ1v) is 5.56. The predicted molar refractivity (Wildman–Crippen MR) is 66.1 cm³/mol. The van der Waals surface area contributed by atoms with Crippen LogP contribution in [0.1, 0.15) is 22.5 Å². The minimum Gasteiger partial charge on any atom is -0.469 e. The van der Waals surface area contributed by atoms with Crippen LogP contribution in [-0.2, 0) is 9.53 Å². The normalized spacial score (nSPS) is 10.5. The SMILES string of the molecule is COC(=O)CC(=O)c1c[nH]c2nc(OC)nc(C)c12. The lowest BCUT2D eigenvalue weighted by Crippen LogP contribution is -2.09. The fraction of sp³-hybridized carbons (Fsp3) is 0.333. The first kappa shape index (κ1) is 13.0. The van der Waals surface area contributed by atoms with Crippen molar-refractivity contribution < 1.29 is 19.1 Å². The number of hydrogen-bond acceptors (Lipinski definition) is 6. The zero-order valence-corrected chi connectivity index (χ0v) is 10.8. The monoisotopic (exact) mass is 263 g/mol. The molecule has 7 heteroatoms. The number of ether oxygens (including phenoxy) is 2. The summed E-state index contributed by atoms with van der Waals surface area (Å²) < 4.78 is 9.43. The summed E-state index contributed by atoms with van der Waals surface area (Å²) in [4.78, 5) is 34.2. The number of H-pyrrole nitrogens is 1. The number of aryl methyl sites for hydroxylation is 1. The van der Waals surface area contributed by atoms with Gasteiger partial charge in [-0.1, -0.05) is 0 Å². The van der Waals surface area contributed by atoms with Crippen molar-refractivity contribution >= 4 is 22.8 Å². The van der Waals surface area contributed by atoms with E-state index in [4.69, 9.17) is 4.74 Å². The second-order valence-electron chi connectivity index (χ2n) is 3.90. The van der Waals surface area contributed by atoms with Crippen LogP contribution in [-0.4, -0.2) is 40.9 Å². The molecule has 19 heavy (non-hydrogen) atoms. The number of hydrogen-bond donors (Lipinski definition) is 1. The Bertz CT molecular complexity index is 648. The predicted octanol–water partition coefficient (Wildman–Crippen LogP) is 1.02. The number of aromatic amines is 1. The van der Waals surface area contributed by atoms with Crippen LogP contribution in [0.5, 0.6) is 6.01 Å². The number of nitrogens with one attached hydrogen (secondary N) is 1. The largest absolute Gasteiger partial charge is 0.469 e. The van der Waals surface area contributed by atoms with Gasteiger partial charge in [-0.15, -0.1) is 0 Å². The van der Waals surface area contributed by atoms with Crippen LogP contribution in [0, 0.1) is 6.92 Å². The fourth-order valence-electron chi connectivity index (χ4n) is 1.80. The van der Waals surface area contributed by atoms with Crippen molar-refractivity contribution in [2.24, 2.45) is 0 Å². The lowest BCUT2D eigenvalue weighted by atomic mass is 10.1. The van der Waals surface area contributed by atoms with Gasteiger partial charge >= 0.3 is 12.0 Å². The van der Waals surface area contributed by atoms with Crippen molar-refractivity contribution in [2.75, 3.05) is 14.2 Å². The third-order valence-electron chi connectivity index (χ3n) is 2.71. The van der Waals surface area contributed by atoms with Gasteiger partial charge in [-0.3, -0.25) is 9.59 Å². The van der Waals surface area contributed by atoms with E-state index in [-0.39, 0.29) is 18.2 Å². The standard InChI is InChI=1S/C12H13N3O4/c1-6-10-7(8(16)4-9(17)18-2)5-13-11(10)15-12(14-6)19-3/h5H,4H2,1-3H3,(H,13,14,15). The first-order valence-electron chi connectivity index (χ1n) is 5.56. The Morgan fingerprint density at radius 1 is 1.32 bits per heavy atom. The zero-order valence-electron chi connectivity index (χ0n) is 10.8. The molecular formula is C12H13N3O4. The molecule has 100 valence electrons. The topological polar surface area (TPSA) is 94.2 Å². The van der Waals surface area contributed by atoms with E-state index in [1.54, 1.807) is 6.92 Å². The maximum absolute atomic E-state index is 12.0. The third kappa shape index (κ3) is 2.40. The molecule has 0 atom stereocenters. The number of rotatable bonds is 4. The summed E-state index contributed by atoms with van der Waals surface area (Å²) in [7, 11) is 2.71. The Morgan fingerprint density at radius 3 is 2.68 bits per heavy atom. The van der Waals surface area contributed by atoms with Crippen LogP contribution in [0.4, 0.5) is 0 Å². The maximum atomic E-state index is 12.0. The molecule has 0 spiro atoms. The van der Waals surface area contributed by atoms with Crippen molar-refractivity contribution in [3.05, 3.63) is 17.5 Å². The highest BCUT2D eigenvalue weighted by atomic mass is 16.5. The van der Waals surface area contributed by atoms with Crippen LogP contribution >= 0.6 is 0 Å². The summed E-state index contributed by atoms with van der Waals surface area (Å²) in [5.41, 5.74) is 1.48. The summed E-state index contributed by atoms with van der Waals surface area (Å²) >= 11 is 0. The molecule has 0 saturated heterocycles. The van der Waals surface area contributed by atoms with E-state index in [2.05, 4.69) is 19.7 Å². The molecule has 0 aliphatic rings. The van der Waals surface area contributed by atoms with E-state index in [1.807, 2.05) is 0 Å². The van der Waals surface area contributed by atoms with Gasteiger partial charge in [-0.2, -0.15) is 9.97 Å². The Morgan fingerprint density at radius 2 is 2.05 bits per heavy atom. The van der Waals surface area contributed by atoms with Gasteiger partial charge in [0.05, 0.1) is 25.3 Å². The number of nitrogens with zero attached hydrogens (tertiary/aromatic N) is 2. The number of carbonyl (C=O) groups excluding carboxylic acids is 2. The minimum atomic E-state index is -0.577. The summed E-state index contributed by atoms with van der Waals surface area (Å²) in [6.45, 7) is 1.75. The van der Waals surface area contributed by atoms with Gasteiger partial charge < -0.3 is 14.5 Å². The van der Waals surface area contributed by atoms with Crippen LogP contribution < -0.4 is 4.74 Å². The summed E-state index contributed by atoms with van der Waals surface area (Å²) in [5.74, 6) is -0.915. The fourth-order valence-corrected chi connectivity index (χ4v) is 1.80. The second kappa shape index (κ2) is 5.05. The Balaban J connectivity index is 2.45. The molecule has 0 saturated carbocycles. The van der Waals surface area contributed by atoms with E-state index in [0.717, 1.165) is 0 Å². The van der Waals surface area contributed by atoms with Gasteiger partial charge in [0.2, 0.25) is 0 Å². The van der Waals surface area contributed by atoms with Gasteiger partial charge in [0.25, 0.3) is 0 Å². The minimum absolute atomic E-state index is 0.221. The van der Waals surface area contributed by atoms with Gasteiger partial charge in [-0.05, 0) is 6.92 Å². The number of aromatic nitrogens is 3. The molecular weight excluding hydrogens is 250 g/mol. The molecule has 0 amide bonds. The maximum Gasteiger partial charge on any atom is 0.318 e. The van der Waals surface area contributed by atoms with Crippen LogP contribution in [0.25, 0.3) is 11.0 Å². The first-order chi connectivity index (χ1) is 9.06. The average Bonchev–Trinajstić information content (AvgIpc) is 2.82. The van der Waals surface area contributed by atoms with Crippen molar-refractivity contribution in [1.82, 2.24) is 15.0 Å². The quantitative estimate of drug-likeness (QED) is 0.503. The van der Waals surface area contributed by atoms with Gasteiger partial charge in [0.1, 0.15) is 12.1 Å². The summed E-state index contributed by atoms with van der Waals surface area (Å²) in [5, 5.41) is 0.592. The molecule has 0 aliphatic carbocycles. The van der Waals surface area contributed by atoms with Gasteiger partial charge in [0.15, 0.2) is 5.78 Å². The molecule has 7 nitrogen and oxygen atoms in total. The zero-order chi connectivity index (χ0) is 14.0. The number of ketones is 1. The molecule has 2 rings (SSSR count). The number of carbonyl (C=O) groups is 2. The second-order valence-corrected chi connectivity index (χ2v) is 3.90. The Kier molecular flexibility index (Phi) is 3.46. The summed E-state index contributed by atoms with van der Waals surface area (Å²) in [6.07, 6.45) is 1.20. The van der Waals surface area contributed by atoms with Crippen molar-refractivity contribution in [3.63, 3.8) is 0 Å². The van der Waals surface area contributed by atoms with Crippen molar-refractivity contribution in [2.45, 2.75) is 13.3 Å². The number of Topliss-reactive ketones (excluding diaryl/α,β-unsaturated/α-hetero) is 1. The number of esters is 1. The highest BCUT2D eigenvalue weighted by molar-refractivity contribution is 6.13. The molecule has 0 aromatic carbocycles. The molecule has 2 aromatic rings. The molecule has 0 unspecified atom stereocenters. The van der Waals surface area contributed by atoms with E-state index < -0.39 is 5.97 Å². The molecule has 2 aromatic heterocycles. The van der Waals surface area contributed by atoms with Crippen LogP contribution in [0.3, 0.4) is 0 Å². The molecule has 0 fully saturated rings. The van der Waals surface area contributed by atoms with Crippen LogP contribution in [0.15, 0.2) is 6.20 Å². The van der Waals surface area contributed by atoms with Gasteiger partial charge in [-0.25, -0.2) is 0 Å². The smallest absolute Gasteiger partial charge is 0.318 e. The lowest BCUT2D eigenvalue weighted by molar-refractivity contribution is -0.139. The van der Waals surface area contributed by atoms with E-state index in [9.17, 15) is 9.59 Å². The van der Waals surface area contributed by atoms with Crippen LogP contribution in [0.2, 0.25) is 0 Å². The van der Waals surface area contributed by atoms with E-state index in [1.165, 1.54) is 20.4 Å². The van der Waals surface area contributed by atoms with E-state index in [0.29, 0.717) is 22.3 Å². The third-order valence-corrected chi connectivity index (χ3v) is 2.71. The average molecular weight is 263 g/mol. The molecule has 0 bridgehead atoms. The molecule has 0 aliphatic heterocycles. The summed E-state index contributed by atoms with van der Waals surface area (Å²) in [6, 6.07) is 0.221. The molecule has 0 radical (unpaired) electrons. The van der Waals surface area contributed by atoms with E-state index >= 15 is 0 Å². The number of methoxy groups -OCH3 is 2. The van der Waals surface area contributed by atoms with Gasteiger partial charge in [0, 0.05) is 11.8 Å². The lowest BCUT2D eigenvalue weighted by Gasteiger charge is -2.02. The van der Waals surface area contributed by atoms with Crippen molar-refractivity contribution in [3.8, 4) is 6.01 Å². The highest BCUT2D eigenvalue weighted by Crippen LogP contribution is 2.22. The Hall–Kier alpha value is -2.44.